The monoisotopic (exact) mass is 369 g/mol. The van der Waals surface area contributed by atoms with Gasteiger partial charge in [-0.3, -0.25) is 10.1 Å². The Morgan fingerprint density at radius 3 is 2.15 bits per heavy atom. The van der Waals surface area contributed by atoms with E-state index in [0.29, 0.717) is 22.6 Å². The van der Waals surface area contributed by atoms with Crippen LogP contribution in [0, 0.1) is 10.1 Å². The molecule has 0 aliphatic rings. The number of nitro groups is 1. The number of benzene rings is 3. The number of nitrogens with zero attached hydrogens (tertiary/aromatic N) is 1. The summed E-state index contributed by atoms with van der Waals surface area (Å²) in [5, 5.41) is 11.1. The summed E-state index contributed by atoms with van der Waals surface area (Å²) in [4.78, 5) is 10.8. The minimum atomic E-state index is -3.30. The molecule has 0 saturated carbocycles. The highest BCUT2D eigenvalue weighted by Gasteiger charge is 2.15. The lowest BCUT2D eigenvalue weighted by Crippen LogP contribution is -1.97. The maximum Gasteiger partial charge on any atom is 0.273 e. The molecule has 132 valence electrons. The highest BCUT2D eigenvalue weighted by atomic mass is 32.2. The van der Waals surface area contributed by atoms with Crippen molar-refractivity contribution in [3.63, 3.8) is 0 Å². The van der Waals surface area contributed by atoms with Crippen molar-refractivity contribution in [3.8, 4) is 22.6 Å². The molecule has 0 aliphatic carbocycles. The van der Waals surface area contributed by atoms with Gasteiger partial charge < -0.3 is 4.74 Å². The molecule has 6 nitrogen and oxygen atoms in total. The first-order chi connectivity index (χ1) is 12.3. The molecule has 0 atom stereocenters. The van der Waals surface area contributed by atoms with Crippen molar-refractivity contribution >= 4 is 15.5 Å². The number of non-ortho nitro benzene ring substituents is 1. The molecular formula is C19H15NO5S. The van der Waals surface area contributed by atoms with Gasteiger partial charge in [-0.15, -0.1) is 0 Å². The van der Waals surface area contributed by atoms with Crippen molar-refractivity contribution in [1.29, 1.82) is 0 Å². The van der Waals surface area contributed by atoms with Crippen LogP contribution in [0.4, 0.5) is 5.69 Å². The lowest BCUT2D eigenvalue weighted by molar-refractivity contribution is -0.384. The number of rotatable bonds is 5. The van der Waals surface area contributed by atoms with Gasteiger partial charge in [0.2, 0.25) is 0 Å². The summed E-state index contributed by atoms with van der Waals surface area (Å²) in [6, 6.07) is 19.5. The molecule has 7 heteroatoms. The molecule has 0 aliphatic heterocycles. The lowest BCUT2D eigenvalue weighted by atomic mass is 10.0. The van der Waals surface area contributed by atoms with Crippen LogP contribution in [0.3, 0.4) is 0 Å². The van der Waals surface area contributed by atoms with Gasteiger partial charge in [0, 0.05) is 17.9 Å². The van der Waals surface area contributed by atoms with E-state index in [2.05, 4.69) is 0 Å². The van der Waals surface area contributed by atoms with E-state index in [4.69, 9.17) is 4.74 Å². The summed E-state index contributed by atoms with van der Waals surface area (Å²) < 4.78 is 29.0. The third kappa shape index (κ3) is 3.89. The van der Waals surface area contributed by atoms with Gasteiger partial charge in [0.05, 0.1) is 15.9 Å². The molecule has 0 saturated heterocycles. The molecular weight excluding hydrogens is 354 g/mol. The molecule has 0 heterocycles. The molecule has 0 unspecified atom stereocenters. The zero-order valence-corrected chi connectivity index (χ0v) is 14.6. The minimum absolute atomic E-state index is 0.0903. The van der Waals surface area contributed by atoms with Crippen LogP contribution >= 0.6 is 0 Å². The Bertz CT molecular complexity index is 1050. The van der Waals surface area contributed by atoms with Gasteiger partial charge in [-0.05, 0) is 35.9 Å². The van der Waals surface area contributed by atoms with Gasteiger partial charge in [0.1, 0.15) is 11.5 Å². The first-order valence-electron chi connectivity index (χ1n) is 7.66. The van der Waals surface area contributed by atoms with Gasteiger partial charge in [0.25, 0.3) is 5.69 Å². The second kappa shape index (κ2) is 6.97. The molecule has 0 aromatic heterocycles. The molecule has 3 aromatic carbocycles. The summed E-state index contributed by atoms with van der Waals surface area (Å²) in [5.41, 5.74) is 1.23. The fraction of sp³-hybridized carbons (Fsp3) is 0.0526. The van der Waals surface area contributed by atoms with Crippen molar-refractivity contribution in [3.05, 3.63) is 82.9 Å². The van der Waals surface area contributed by atoms with E-state index in [1.807, 2.05) is 6.07 Å². The smallest absolute Gasteiger partial charge is 0.273 e. The molecule has 0 radical (unpaired) electrons. The molecule has 0 bridgehead atoms. The van der Waals surface area contributed by atoms with E-state index in [1.54, 1.807) is 42.5 Å². The van der Waals surface area contributed by atoms with Crippen LogP contribution in [0.5, 0.6) is 11.5 Å². The van der Waals surface area contributed by atoms with E-state index < -0.39 is 14.8 Å². The number of sulfone groups is 1. The van der Waals surface area contributed by atoms with E-state index in [1.165, 1.54) is 24.3 Å². The third-order valence-electron chi connectivity index (χ3n) is 3.74. The van der Waals surface area contributed by atoms with Crippen molar-refractivity contribution in [2.45, 2.75) is 4.90 Å². The highest BCUT2D eigenvalue weighted by molar-refractivity contribution is 7.90. The summed E-state index contributed by atoms with van der Waals surface area (Å²) >= 11 is 0. The average Bonchev–Trinajstić information content (AvgIpc) is 2.62. The van der Waals surface area contributed by atoms with Crippen molar-refractivity contribution in [1.82, 2.24) is 0 Å². The van der Waals surface area contributed by atoms with Crippen LogP contribution in [0.25, 0.3) is 11.1 Å². The maximum absolute atomic E-state index is 11.6. The average molecular weight is 369 g/mol. The zero-order chi connectivity index (χ0) is 18.7. The predicted molar refractivity (Wildman–Crippen MR) is 98.2 cm³/mol. The van der Waals surface area contributed by atoms with Crippen molar-refractivity contribution in [2.75, 3.05) is 6.26 Å². The van der Waals surface area contributed by atoms with Gasteiger partial charge in [-0.25, -0.2) is 8.42 Å². The Labute approximate surface area is 150 Å². The molecule has 0 spiro atoms. The van der Waals surface area contributed by atoms with Crippen LogP contribution in [0.1, 0.15) is 0 Å². The van der Waals surface area contributed by atoms with Crippen LogP contribution in [0.2, 0.25) is 0 Å². The van der Waals surface area contributed by atoms with E-state index in [0.717, 1.165) is 6.26 Å². The van der Waals surface area contributed by atoms with Gasteiger partial charge in [0.15, 0.2) is 9.84 Å². The fourth-order valence-electron chi connectivity index (χ4n) is 2.44. The largest absolute Gasteiger partial charge is 0.456 e. The lowest BCUT2D eigenvalue weighted by Gasteiger charge is -2.12. The van der Waals surface area contributed by atoms with Crippen molar-refractivity contribution in [2.24, 2.45) is 0 Å². The first-order valence-corrected chi connectivity index (χ1v) is 9.55. The van der Waals surface area contributed by atoms with Gasteiger partial charge in [-0.2, -0.15) is 0 Å². The Balaban J connectivity index is 2.07. The summed E-state index contributed by atoms with van der Waals surface area (Å²) in [6.45, 7) is 0. The van der Waals surface area contributed by atoms with E-state index in [-0.39, 0.29) is 10.6 Å². The topological polar surface area (TPSA) is 86.5 Å². The third-order valence-corrected chi connectivity index (χ3v) is 4.87. The summed E-state index contributed by atoms with van der Waals surface area (Å²) in [5.74, 6) is 0.861. The normalized spacial score (nSPS) is 11.1. The Morgan fingerprint density at radius 1 is 0.923 bits per heavy atom. The Kier molecular flexibility index (Phi) is 4.73. The quantitative estimate of drug-likeness (QED) is 0.489. The van der Waals surface area contributed by atoms with Crippen LogP contribution in [-0.4, -0.2) is 19.6 Å². The Hall–Kier alpha value is -3.19. The van der Waals surface area contributed by atoms with Crippen molar-refractivity contribution < 1.29 is 18.1 Å². The fourth-order valence-corrected chi connectivity index (χ4v) is 3.08. The summed E-state index contributed by atoms with van der Waals surface area (Å²) in [7, 11) is -3.30. The molecule has 0 N–H and O–H groups in total. The van der Waals surface area contributed by atoms with E-state index in [9.17, 15) is 18.5 Å². The van der Waals surface area contributed by atoms with Gasteiger partial charge >= 0.3 is 0 Å². The molecule has 0 fully saturated rings. The standard InChI is InChI=1S/C19H15NO5S/c1-26(23,24)17-10-7-14(8-11-17)18-12-9-15(20(21)22)13-19(18)25-16-5-3-2-4-6-16/h2-13H,1H3. The minimum Gasteiger partial charge on any atom is -0.456 e. The summed E-state index contributed by atoms with van der Waals surface area (Å²) in [6.07, 6.45) is 1.14. The molecule has 3 aromatic rings. The molecule has 26 heavy (non-hydrogen) atoms. The second-order valence-corrected chi connectivity index (χ2v) is 7.66. The van der Waals surface area contributed by atoms with Gasteiger partial charge in [-0.1, -0.05) is 30.3 Å². The number of hydrogen-bond donors (Lipinski definition) is 0. The Morgan fingerprint density at radius 2 is 1.58 bits per heavy atom. The first kappa shape index (κ1) is 17.6. The maximum atomic E-state index is 11.6. The van der Waals surface area contributed by atoms with Crippen LogP contribution in [0.15, 0.2) is 77.7 Å². The number of hydrogen-bond acceptors (Lipinski definition) is 5. The number of para-hydroxylation sites is 1. The molecule has 0 amide bonds. The van der Waals surface area contributed by atoms with E-state index >= 15 is 0 Å². The highest BCUT2D eigenvalue weighted by Crippen LogP contribution is 2.36. The second-order valence-electron chi connectivity index (χ2n) is 5.65. The predicted octanol–water partition coefficient (Wildman–Crippen LogP) is 4.46. The molecule has 3 rings (SSSR count). The SMILES string of the molecule is CS(=O)(=O)c1ccc(-c2ccc([N+](=O)[O-])cc2Oc2ccccc2)cc1. The van der Waals surface area contributed by atoms with Crippen LogP contribution < -0.4 is 4.74 Å². The van der Waals surface area contributed by atoms with Crippen LogP contribution in [-0.2, 0) is 9.84 Å². The number of ether oxygens (including phenoxy) is 1. The zero-order valence-electron chi connectivity index (χ0n) is 13.8. The number of nitro benzene ring substituents is 1.